The van der Waals surface area contributed by atoms with Gasteiger partial charge in [-0.1, -0.05) is 101 Å². The molecule has 6 rings (SSSR count). The monoisotopic (exact) mass is 783 g/mol. The first-order valence-corrected chi connectivity index (χ1v) is 18.7. The summed E-state index contributed by atoms with van der Waals surface area (Å²) in [4.78, 5) is 17.0. The van der Waals surface area contributed by atoms with Gasteiger partial charge in [-0.3, -0.25) is 9.78 Å². The van der Waals surface area contributed by atoms with E-state index in [1.807, 2.05) is 53.8 Å². The van der Waals surface area contributed by atoms with Gasteiger partial charge in [-0.15, -0.1) is 28.8 Å². The molecule has 0 spiro atoms. The second-order valence-electron chi connectivity index (χ2n) is 13.0. The summed E-state index contributed by atoms with van der Waals surface area (Å²) in [5, 5.41) is 17.7. The predicted molar refractivity (Wildman–Crippen MR) is 183 cm³/mol. The fourth-order valence-electron chi connectivity index (χ4n) is 6.15. The molecule has 0 saturated heterocycles. The van der Waals surface area contributed by atoms with Crippen LogP contribution in [0.2, 0.25) is 13.1 Å². The second kappa shape index (κ2) is 12.7. The minimum Gasteiger partial charge on any atom is -0.512 e. The number of hydrogen-bond donors (Lipinski definition) is 1. The number of ketones is 1. The Kier molecular flexibility index (Phi) is 9.80. The molecule has 1 N–H and O–H groups in total. The van der Waals surface area contributed by atoms with Crippen molar-refractivity contribution in [1.82, 2.24) is 4.98 Å². The van der Waals surface area contributed by atoms with Gasteiger partial charge in [0.15, 0.2) is 5.78 Å². The molecule has 0 atom stereocenters. The maximum atomic E-state index is 12.2. The van der Waals surface area contributed by atoms with Crippen LogP contribution >= 0.6 is 0 Å². The zero-order valence-corrected chi connectivity index (χ0v) is 30.6. The van der Waals surface area contributed by atoms with Gasteiger partial charge in [-0.2, -0.15) is 0 Å². The number of allylic oxidation sites excluding steroid dienone is 2. The first-order valence-electron chi connectivity index (χ1n) is 15.7. The van der Waals surface area contributed by atoms with Crippen molar-refractivity contribution in [3.8, 4) is 11.3 Å². The molecule has 0 aliphatic carbocycles. The van der Waals surface area contributed by atoms with Gasteiger partial charge >= 0.3 is 0 Å². The Balaban J connectivity index is 0.000000218. The summed E-state index contributed by atoms with van der Waals surface area (Å²) in [6, 6.07) is 23.0. The van der Waals surface area contributed by atoms with Crippen LogP contribution in [-0.4, -0.2) is 23.9 Å². The summed E-state index contributed by atoms with van der Waals surface area (Å²) in [5.41, 5.74) is 3.42. The number of pyridine rings is 1. The predicted octanol–water partition coefficient (Wildman–Crippen LogP) is 9.38. The number of carbonyl (C=O) groups is 1. The summed E-state index contributed by atoms with van der Waals surface area (Å²) in [7, 11) is -1.95. The van der Waals surface area contributed by atoms with Crippen LogP contribution < -0.4 is 10.4 Å². The number of benzene rings is 3. The zero-order chi connectivity index (χ0) is 31.2. The molecule has 0 fully saturated rings. The average Bonchev–Trinajstić information content (AvgIpc) is 3.39. The van der Waals surface area contributed by atoms with Gasteiger partial charge in [-0.05, 0) is 37.8 Å². The Bertz CT molecular complexity index is 1860. The molecule has 0 amide bonds. The molecule has 44 heavy (non-hydrogen) atoms. The van der Waals surface area contributed by atoms with Crippen molar-refractivity contribution in [3.05, 3.63) is 78.7 Å². The summed E-state index contributed by atoms with van der Waals surface area (Å²) in [5.74, 6) is 0.286. The number of hydrogen-bond acceptors (Lipinski definition) is 4. The number of aliphatic hydroxyl groups is 1. The molecule has 2 aromatic heterocycles. The molecule has 1 aliphatic rings. The van der Waals surface area contributed by atoms with Crippen LogP contribution in [0, 0.1) is 16.9 Å². The molecule has 0 bridgehead atoms. The van der Waals surface area contributed by atoms with Crippen LogP contribution in [0.4, 0.5) is 0 Å². The Labute approximate surface area is 276 Å². The zero-order valence-electron chi connectivity index (χ0n) is 27.2. The van der Waals surface area contributed by atoms with E-state index in [1.54, 1.807) is 0 Å². The van der Waals surface area contributed by atoms with Crippen molar-refractivity contribution < 1.29 is 34.4 Å². The smallest absolute Gasteiger partial charge is 0.164 e. The van der Waals surface area contributed by atoms with Crippen LogP contribution in [0.15, 0.2) is 77.0 Å². The van der Waals surface area contributed by atoms with Gasteiger partial charge in [0, 0.05) is 59.7 Å². The van der Waals surface area contributed by atoms with E-state index in [2.05, 4.69) is 67.7 Å². The fraction of sp³-hybridized carbons (Fsp3) is 0.368. The first kappa shape index (κ1) is 33.8. The Morgan fingerprint density at radius 1 is 0.886 bits per heavy atom. The molecule has 1 aliphatic heterocycles. The van der Waals surface area contributed by atoms with Gasteiger partial charge in [0.25, 0.3) is 0 Å². The van der Waals surface area contributed by atoms with E-state index in [1.165, 1.54) is 27.2 Å². The van der Waals surface area contributed by atoms with E-state index in [9.17, 15) is 9.90 Å². The maximum absolute atomic E-state index is 12.2. The molecule has 6 heteroatoms. The summed E-state index contributed by atoms with van der Waals surface area (Å²) in [6.45, 7) is 16.9. The van der Waals surface area contributed by atoms with E-state index in [0.717, 1.165) is 58.9 Å². The van der Waals surface area contributed by atoms with E-state index in [4.69, 9.17) is 9.40 Å². The quantitative estimate of drug-likeness (QED) is 0.0774. The molecule has 3 aromatic carbocycles. The molecule has 233 valence electrons. The Hall–Kier alpha value is -3.05. The molecule has 3 heterocycles. The third-order valence-electron chi connectivity index (χ3n) is 10.4. The average molecular weight is 783 g/mol. The summed E-state index contributed by atoms with van der Waals surface area (Å²) in [6.07, 6.45) is 6.61. The number of nitrogens with zero attached hydrogens (tertiary/aromatic N) is 1. The van der Waals surface area contributed by atoms with Crippen LogP contribution in [0.3, 0.4) is 0 Å². The number of aliphatic hydroxyl groups excluding tert-OH is 1. The van der Waals surface area contributed by atoms with Crippen LogP contribution in [0.5, 0.6) is 0 Å². The van der Waals surface area contributed by atoms with Crippen LogP contribution in [-0.2, 0) is 24.9 Å². The van der Waals surface area contributed by atoms with Crippen molar-refractivity contribution in [2.45, 2.75) is 80.3 Å². The van der Waals surface area contributed by atoms with Gasteiger partial charge in [-0.25, -0.2) is 0 Å². The van der Waals surface area contributed by atoms with Crippen molar-refractivity contribution in [2.24, 2.45) is 10.8 Å². The SMILES string of the molecule is CCC(C)(CC)C(=O)/C=C(\O)C(C)(CC)CC.C[Si]1(C)c2cc3ccccc3[c-]c2-c2nccc3oc4cccc1c4c23.[Ir]. The number of fused-ring (bicyclic) bond motifs is 3. The van der Waals surface area contributed by atoms with Gasteiger partial charge in [0.05, 0.1) is 8.07 Å². The number of rotatable bonds is 7. The van der Waals surface area contributed by atoms with Crippen molar-refractivity contribution in [1.29, 1.82) is 0 Å². The third kappa shape index (κ3) is 5.61. The van der Waals surface area contributed by atoms with E-state index in [0.29, 0.717) is 0 Å². The topological polar surface area (TPSA) is 63.3 Å². The van der Waals surface area contributed by atoms with Gasteiger partial charge in [0.2, 0.25) is 0 Å². The van der Waals surface area contributed by atoms with Gasteiger partial charge in [0.1, 0.15) is 16.9 Å². The largest absolute Gasteiger partial charge is 0.512 e. The molecular formula is C38H44IrNO3Si-. The normalized spacial score (nSPS) is 14.1. The Morgan fingerprint density at radius 3 is 2.18 bits per heavy atom. The Morgan fingerprint density at radius 2 is 1.52 bits per heavy atom. The van der Waals surface area contributed by atoms with Crippen LogP contribution in [0.25, 0.3) is 44.0 Å². The van der Waals surface area contributed by atoms with E-state index in [-0.39, 0.29) is 42.5 Å². The number of carbonyl (C=O) groups excluding carboxylic acids is 1. The maximum Gasteiger partial charge on any atom is 0.164 e. The summed E-state index contributed by atoms with van der Waals surface area (Å²) >= 11 is 0. The summed E-state index contributed by atoms with van der Waals surface area (Å²) < 4.78 is 6.17. The third-order valence-corrected chi connectivity index (χ3v) is 13.9. The molecular weight excluding hydrogens is 739 g/mol. The van der Waals surface area contributed by atoms with Crippen LogP contribution in [0.1, 0.15) is 67.2 Å². The molecule has 1 radical (unpaired) electrons. The van der Waals surface area contributed by atoms with E-state index < -0.39 is 8.07 Å². The molecule has 4 nitrogen and oxygen atoms in total. The second-order valence-corrected chi connectivity index (χ2v) is 17.3. The minimum absolute atomic E-state index is 0. The number of aromatic nitrogens is 1. The first-order chi connectivity index (χ1) is 20.4. The number of furan rings is 1. The van der Waals surface area contributed by atoms with E-state index >= 15 is 0 Å². The minimum atomic E-state index is -1.95. The van der Waals surface area contributed by atoms with Crippen molar-refractivity contribution in [3.63, 3.8) is 0 Å². The molecule has 5 aromatic rings. The molecule has 0 saturated carbocycles. The molecule has 0 unspecified atom stereocenters. The fourth-order valence-corrected chi connectivity index (χ4v) is 9.15. The van der Waals surface area contributed by atoms with Gasteiger partial charge < -0.3 is 9.52 Å². The van der Waals surface area contributed by atoms with Crippen molar-refractivity contribution in [2.75, 3.05) is 0 Å². The standard InChI is InChI=1S/C23H16NOSi.C15H28O2.Ir/c1-26(2)19-9-5-8-17-21(19)22-18(25-17)10-11-24-23(22)16-12-14-6-3-4-7-15(14)13-20(16)26;1-7-14(5,8-2)12(16)11-13(17)15(6,9-3)10-4;/h3-11,13H,1-2H3;11,16H,7-10H2,1-6H3;/q-1;;/b;12-11-;. The van der Waals surface area contributed by atoms with Crippen molar-refractivity contribution >= 4 is 56.9 Å².